The molecule has 0 spiro atoms. The molecule has 0 fully saturated rings. The molecule has 0 aliphatic rings. The Balaban J connectivity index is 1.62. The zero-order chi connectivity index (χ0) is 23.8. The number of nitrogens with zero attached hydrogens (tertiary/aromatic N) is 2. The minimum atomic E-state index is -3.44. The van der Waals surface area contributed by atoms with E-state index < -0.39 is 10.0 Å². The van der Waals surface area contributed by atoms with E-state index in [0.29, 0.717) is 17.8 Å². The first-order valence-corrected chi connectivity index (χ1v) is 12.9. The maximum Gasteiger partial charge on any atom is 0.251 e. The molecule has 1 N–H and O–H groups in total. The van der Waals surface area contributed by atoms with E-state index >= 15 is 0 Å². The van der Waals surface area contributed by atoms with Gasteiger partial charge in [-0.25, -0.2) is 8.42 Å². The molecule has 0 aromatic heterocycles. The number of rotatable bonds is 10. The second kappa shape index (κ2) is 11.0. The molecule has 3 aromatic carbocycles. The molecule has 0 aliphatic heterocycles. The summed E-state index contributed by atoms with van der Waals surface area (Å²) in [5, 5.41) is 2.94. The Morgan fingerprint density at radius 1 is 0.788 bits per heavy atom. The summed E-state index contributed by atoms with van der Waals surface area (Å²) in [4.78, 5) is 14.8. The quantitative estimate of drug-likeness (QED) is 0.481. The van der Waals surface area contributed by atoms with Crippen LogP contribution in [0.25, 0.3) is 0 Å². The van der Waals surface area contributed by atoms with Crippen molar-refractivity contribution in [1.82, 2.24) is 5.32 Å². The summed E-state index contributed by atoms with van der Waals surface area (Å²) in [5.41, 5.74) is 4.14. The van der Waals surface area contributed by atoms with Crippen molar-refractivity contribution in [2.45, 2.75) is 26.9 Å². The molecule has 0 radical (unpaired) electrons. The molecule has 1 amide bonds. The third-order valence-electron chi connectivity index (χ3n) is 5.50. The zero-order valence-corrected chi connectivity index (χ0v) is 20.2. The summed E-state index contributed by atoms with van der Waals surface area (Å²) in [6, 6.07) is 24.2. The van der Waals surface area contributed by atoms with Gasteiger partial charge in [0.1, 0.15) is 0 Å². The van der Waals surface area contributed by atoms with Gasteiger partial charge in [0.25, 0.3) is 5.91 Å². The lowest BCUT2D eigenvalue weighted by molar-refractivity contribution is 0.0951. The van der Waals surface area contributed by atoms with Gasteiger partial charge in [0.15, 0.2) is 0 Å². The first-order chi connectivity index (χ1) is 15.8. The standard InChI is InChI=1S/C26H31N3O3S/c1-4-28(5-2)24-17-13-21(14-18-24)19-27-26(30)23-15-11-22(12-16-23)20-29(33(3,31)32)25-9-7-6-8-10-25/h6-18H,4-5,19-20H2,1-3H3,(H,27,30). The van der Waals surface area contributed by atoms with Gasteiger partial charge in [-0.3, -0.25) is 9.10 Å². The van der Waals surface area contributed by atoms with Crippen LogP contribution in [0.1, 0.15) is 35.3 Å². The van der Waals surface area contributed by atoms with Crippen LogP contribution in [-0.4, -0.2) is 33.7 Å². The molecule has 6 nitrogen and oxygen atoms in total. The second-order valence-electron chi connectivity index (χ2n) is 7.82. The zero-order valence-electron chi connectivity index (χ0n) is 19.4. The predicted molar refractivity (Wildman–Crippen MR) is 135 cm³/mol. The fourth-order valence-corrected chi connectivity index (χ4v) is 4.51. The van der Waals surface area contributed by atoms with Crippen LogP contribution in [0.2, 0.25) is 0 Å². The first kappa shape index (κ1) is 24.3. The largest absolute Gasteiger partial charge is 0.372 e. The maximum atomic E-state index is 12.6. The average Bonchev–Trinajstić information content (AvgIpc) is 2.83. The number of anilines is 2. The van der Waals surface area contributed by atoms with Crippen molar-refractivity contribution >= 4 is 27.3 Å². The molecule has 3 rings (SSSR count). The summed E-state index contributed by atoms with van der Waals surface area (Å²) in [6.07, 6.45) is 1.19. The van der Waals surface area contributed by atoms with Crippen LogP contribution in [0.15, 0.2) is 78.9 Å². The topological polar surface area (TPSA) is 69.7 Å². The summed E-state index contributed by atoms with van der Waals surface area (Å²) in [7, 11) is -3.44. The molecule has 0 saturated carbocycles. The van der Waals surface area contributed by atoms with Gasteiger partial charge >= 0.3 is 0 Å². The molecule has 3 aromatic rings. The third-order valence-corrected chi connectivity index (χ3v) is 6.65. The number of carbonyl (C=O) groups is 1. The van der Waals surface area contributed by atoms with Gasteiger partial charge in [0.05, 0.1) is 18.5 Å². The highest BCUT2D eigenvalue weighted by Gasteiger charge is 2.17. The lowest BCUT2D eigenvalue weighted by Crippen LogP contribution is -2.29. The first-order valence-electron chi connectivity index (χ1n) is 11.1. The van der Waals surface area contributed by atoms with Gasteiger partial charge in [-0.15, -0.1) is 0 Å². The Morgan fingerprint density at radius 3 is 1.91 bits per heavy atom. The highest BCUT2D eigenvalue weighted by atomic mass is 32.2. The van der Waals surface area contributed by atoms with Crippen LogP contribution in [0.4, 0.5) is 11.4 Å². The minimum absolute atomic E-state index is 0.169. The number of sulfonamides is 1. The Kier molecular flexibility index (Phi) is 8.11. The Labute approximate surface area is 196 Å². The molecule has 33 heavy (non-hydrogen) atoms. The SMILES string of the molecule is CCN(CC)c1ccc(CNC(=O)c2ccc(CN(c3ccccc3)S(C)(=O)=O)cc2)cc1. The van der Waals surface area contributed by atoms with E-state index in [9.17, 15) is 13.2 Å². The van der Waals surface area contributed by atoms with E-state index in [2.05, 4.69) is 36.2 Å². The van der Waals surface area contributed by atoms with Crippen LogP contribution >= 0.6 is 0 Å². The van der Waals surface area contributed by atoms with E-state index in [1.807, 2.05) is 18.2 Å². The van der Waals surface area contributed by atoms with Gasteiger partial charge < -0.3 is 10.2 Å². The second-order valence-corrected chi connectivity index (χ2v) is 9.73. The molecule has 7 heteroatoms. The molecular weight excluding hydrogens is 434 g/mol. The lowest BCUT2D eigenvalue weighted by atomic mass is 10.1. The van der Waals surface area contributed by atoms with E-state index in [-0.39, 0.29) is 12.5 Å². The summed E-state index contributed by atoms with van der Waals surface area (Å²) >= 11 is 0. The number of hydrogen-bond donors (Lipinski definition) is 1. The predicted octanol–water partition coefficient (Wildman–Crippen LogP) is 4.43. The number of carbonyl (C=O) groups excluding carboxylic acids is 1. The van der Waals surface area contributed by atoms with Crippen LogP contribution in [0.5, 0.6) is 0 Å². The monoisotopic (exact) mass is 465 g/mol. The van der Waals surface area contributed by atoms with Gasteiger partial charge in [0.2, 0.25) is 10.0 Å². The van der Waals surface area contributed by atoms with Gasteiger partial charge in [0, 0.05) is 30.9 Å². The fourth-order valence-electron chi connectivity index (χ4n) is 3.62. The van der Waals surface area contributed by atoms with Crippen molar-refractivity contribution in [1.29, 1.82) is 0 Å². The highest BCUT2D eigenvalue weighted by molar-refractivity contribution is 7.92. The average molecular weight is 466 g/mol. The Hall–Kier alpha value is -3.32. The molecule has 0 bridgehead atoms. The van der Waals surface area contributed by atoms with E-state index in [4.69, 9.17) is 0 Å². The van der Waals surface area contributed by atoms with Gasteiger partial charge in [-0.05, 0) is 61.4 Å². The molecule has 0 aliphatic carbocycles. The van der Waals surface area contributed by atoms with Gasteiger partial charge in [-0.1, -0.05) is 42.5 Å². The summed E-state index contributed by atoms with van der Waals surface area (Å²) < 4.78 is 25.9. The molecule has 0 saturated heterocycles. The summed E-state index contributed by atoms with van der Waals surface area (Å²) in [5.74, 6) is -0.169. The van der Waals surface area contributed by atoms with Crippen LogP contribution in [-0.2, 0) is 23.1 Å². The van der Waals surface area contributed by atoms with Gasteiger partial charge in [-0.2, -0.15) is 0 Å². The number of nitrogens with one attached hydrogen (secondary N) is 1. The Bertz CT molecular complexity index is 1140. The summed E-state index contributed by atoms with van der Waals surface area (Å²) in [6.45, 7) is 6.80. The van der Waals surface area contributed by atoms with E-state index in [1.165, 1.54) is 16.2 Å². The van der Waals surface area contributed by atoms with Crippen molar-refractivity contribution < 1.29 is 13.2 Å². The number of amides is 1. The van der Waals surface area contributed by atoms with Crippen LogP contribution < -0.4 is 14.5 Å². The lowest BCUT2D eigenvalue weighted by Gasteiger charge is -2.22. The number of benzene rings is 3. The van der Waals surface area contributed by atoms with E-state index in [1.54, 1.807) is 48.5 Å². The van der Waals surface area contributed by atoms with Crippen molar-refractivity contribution in [3.63, 3.8) is 0 Å². The number of hydrogen-bond acceptors (Lipinski definition) is 4. The van der Waals surface area contributed by atoms with Crippen LogP contribution in [0.3, 0.4) is 0 Å². The normalized spacial score (nSPS) is 11.1. The molecule has 0 heterocycles. The van der Waals surface area contributed by atoms with Crippen molar-refractivity contribution in [3.8, 4) is 0 Å². The molecule has 0 atom stereocenters. The fraction of sp³-hybridized carbons (Fsp3) is 0.269. The van der Waals surface area contributed by atoms with Crippen molar-refractivity contribution in [3.05, 3.63) is 95.6 Å². The molecule has 0 unspecified atom stereocenters. The smallest absolute Gasteiger partial charge is 0.251 e. The maximum absolute atomic E-state index is 12.6. The van der Waals surface area contributed by atoms with E-state index in [0.717, 1.165) is 24.2 Å². The Morgan fingerprint density at radius 2 is 1.36 bits per heavy atom. The molecular formula is C26H31N3O3S. The third kappa shape index (κ3) is 6.58. The number of para-hydroxylation sites is 1. The van der Waals surface area contributed by atoms with Crippen molar-refractivity contribution in [2.75, 3.05) is 28.6 Å². The van der Waals surface area contributed by atoms with Crippen LogP contribution in [0, 0.1) is 0 Å². The minimum Gasteiger partial charge on any atom is -0.372 e. The molecule has 174 valence electrons. The highest BCUT2D eigenvalue weighted by Crippen LogP contribution is 2.20. The van der Waals surface area contributed by atoms with Crippen molar-refractivity contribution in [2.24, 2.45) is 0 Å².